The van der Waals surface area contributed by atoms with Crippen LogP contribution in [0.2, 0.25) is 0 Å². The van der Waals surface area contributed by atoms with Crippen molar-refractivity contribution < 1.29 is 13.9 Å². The van der Waals surface area contributed by atoms with Crippen LogP contribution in [0.15, 0.2) is 72.9 Å². The zero-order chi connectivity index (χ0) is 24.2. The van der Waals surface area contributed by atoms with Crippen molar-refractivity contribution in [2.75, 3.05) is 6.61 Å². The van der Waals surface area contributed by atoms with Crippen molar-refractivity contribution in [3.8, 4) is 0 Å². The summed E-state index contributed by atoms with van der Waals surface area (Å²) in [6.07, 6.45) is 8.26. The van der Waals surface area contributed by atoms with E-state index in [0.717, 1.165) is 35.1 Å². The first kappa shape index (κ1) is 22.7. The number of rotatable bonds is 7. The van der Waals surface area contributed by atoms with Gasteiger partial charge < -0.3 is 4.74 Å². The zero-order valence-corrected chi connectivity index (χ0v) is 19.5. The van der Waals surface area contributed by atoms with E-state index in [1.165, 1.54) is 18.1 Å². The Balaban J connectivity index is 1.66. The second kappa shape index (κ2) is 10.1. The molecule has 0 amide bonds. The summed E-state index contributed by atoms with van der Waals surface area (Å²) < 4.78 is 19.4. The van der Waals surface area contributed by atoms with E-state index in [2.05, 4.69) is 27.3 Å². The third-order valence-electron chi connectivity index (χ3n) is 6.42. The molecular formula is C29H26FN3O2. The number of halogens is 1. The average Bonchev–Trinajstić information content (AvgIpc) is 3.23. The van der Waals surface area contributed by atoms with Crippen LogP contribution in [0.4, 0.5) is 4.39 Å². The molecule has 0 aliphatic heterocycles. The monoisotopic (exact) mass is 467 g/mol. The summed E-state index contributed by atoms with van der Waals surface area (Å²) in [5.74, 6) is -0.421. The molecule has 0 atom stereocenters. The molecule has 0 spiro atoms. The van der Waals surface area contributed by atoms with E-state index in [1.807, 2.05) is 54.7 Å². The number of benzene rings is 2. The first-order chi connectivity index (χ1) is 17.1. The Morgan fingerprint density at radius 1 is 1.09 bits per heavy atom. The normalized spacial score (nSPS) is 14.7. The molecule has 1 fully saturated rings. The average molecular weight is 468 g/mol. The standard InChI is InChI=1S/C29H26FN3O2/c1-2-35-26(34)16-14-23-13-11-22(18-31-23)28(21-12-15-25-24(17-21)29(30)33-32-25)27(20-9-6-10-20)19-7-4-3-5-8-19/h3-5,7-8,11-18,20H,2,6,9-10H2,1H3,(H,32,33)/b16-14+,28-27?. The second-order valence-corrected chi connectivity index (χ2v) is 8.61. The molecule has 2 aromatic heterocycles. The molecule has 4 aromatic rings. The highest BCUT2D eigenvalue weighted by molar-refractivity contribution is 6.01. The molecule has 35 heavy (non-hydrogen) atoms. The van der Waals surface area contributed by atoms with Gasteiger partial charge in [-0.25, -0.2) is 4.79 Å². The fourth-order valence-corrected chi connectivity index (χ4v) is 4.51. The number of aromatic nitrogens is 3. The Labute approximate surface area is 203 Å². The van der Waals surface area contributed by atoms with Crippen molar-refractivity contribution in [2.45, 2.75) is 26.2 Å². The first-order valence-corrected chi connectivity index (χ1v) is 11.9. The minimum Gasteiger partial charge on any atom is -0.463 e. The smallest absolute Gasteiger partial charge is 0.330 e. The Morgan fingerprint density at radius 3 is 2.57 bits per heavy atom. The lowest BCUT2D eigenvalue weighted by molar-refractivity contribution is -0.137. The minimum atomic E-state index is -0.441. The highest BCUT2D eigenvalue weighted by Crippen LogP contribution is 2.45. The largest absolute Gasteiger partial charge is 0.463 e. The number of ether oxygens (including phenoxy) is 1. The van der Waals surface area contributed by atoms with E-state index < -0.39 is 11.9 Å². The summed E-state index contributed by atoms with van der Waals surface area (Å²) in [5, 5.41) is 6.94. The predicted octanol–water partition coefficient (Wildman–Crippen LogP) is 6.43. The van der Waals surface area contributed by atoms with Crippen LogP contribution in [0, 0.1) is 11.9 Å². The van der Waals surface area contributed by atoms with Crippen molar-refractivity contribution in [1.82, 2.24) is 15.2 Å². The Kier molecular flexibility index (Phi) is 6.53. The molecular weight excluding hydrogens is 441 g/mol. The van der Waals surface area contributed by atoms with Crippen molar-refractivity contribution in [1.29, 1.82) is 0 Å². The third kappa shape index (κ3) is 4.78. The number of carbonyl (C=O) groups is 1. The van der Waals surface area contributed by atoms with Gasteiger partial charge in [-0.15, -0.1) is 0 Å². The lowest BCUT2D eigenvalue weighted by atomic mass is 9.73. The molecule has 0 radical (unpaired) electrons. The highest BCUT2D eigenvalue weighted by atomic mass is 19.1. The third-order valence-corrected chi connectivity index (χ3v) is 6.42. The molecule has 0 saturated heterocycles. The quantitative estimate of drug-likeness (QED) is 0.193. The van der Waals surface area contributed by atoms with E-state index in [4.69, 9.17) is 4.74 Å². The van der Waals surface area contributed by atoms with Gasteiger partial charge in [0, 0.05) is 17.8 Å². The number of nitrogens with zero attached hydrogens (tertiary/aromatic N) is 2. The predicted molar refractivity (Wildman–Crippen MR) is 136 cm³/mol. The van der Waals surface area contributed by atoms with Gasteiger partial charge >= 0.3 is 5.97 Å². The molecule has 0 unspecified atom stereocenters. The maximum absolute atomic E-state index is 14.4. The summed E-state index contributed by atoms with van der Waals surface area (Å²) >= 11 is 0. The number of esters is 1. The molecule has 1 aliphatic rings. The molecule has 5 rings (SSSR count). The van der Waals surface area contributed by atoms with Crippen LogP contribution in [-0.4, -0.2) is 27.8 Å². The van der Waals surface area contributed by atoms with Crippen LogP contribution in [0.25, 0.3) is 28.1 Å². The number of nitrogens with one attached hydrogen (secondary N) is 1. The summed E-state index contributed by atoms with van der Waals surface area (Å²) in [5.41, 5.74) is 6.54. The molecule has 5 nitrogen and oxygen atoms in total. The lowest BCUT2D eigenvalue weighted by Crippen LogP contribution is -2.15. The molecule has 2 aromatic carbocycles. The van der Waals surface area contributed by atoms with Crippen LogP contribution in [-0.2, 0) is 9.53 Å². The van der Waals surface area contributed by atoms with Crippen molar-refractivity contribution in [3.05, 3.63) is 101 Å². The summed E-state index contributed by atoms with van der Waals surface area (Å²) in [6, 6.07) is 20.0. The van der Waals surface area contributed by atoms with Gasteiger partial charge in [0.25, 0.3) is 0 Å². The van der Waals surface area contributed by atoms with Gasteiger partial charge in [-0.3, -0.25) is 10.1 Å². The molecule has 1 N–H and O–H groups in total. The van der Waals surface area contributed by atoms with Gasteiger partial charge in [0.05, 0.1) is 23.2 Å². The van der Waals surface area contributed by atoms with E-state index in [1.54, 1.807) is 13.0 Å². The highest BCUT2D eigenvalue weighted by Gasteiger charge is 2.27. The molecule has 0 bridgehead atoms. The molecule has 1 saturated carbocycles. The lowest BCUT2D eigenvalue weighted by Gasteiger charge is -2.31. The Morgan fingerprint density at radius 2 is 1.89 bits per heavy atom. The molecule has 2 heterocycles. The van der Waals surface area contributed by atoms with Gasteiger partial charge in [-0.2, -0.15) is 9.49 Å². The number of aromatic amines is 1. The fraction of sp³-hybridized carbons (Fsp3) is 0.207. The SMILES string of the molecule is CCOC(=O)/C=C/c1ccc(C(=C(c2ccccc2)C2CCC2)c2ccc3n[nH]c(F)c3c2)cn1. The van der Waals surface area contributed by atoms with Crippen LogP contribution >= 0.6 is 0 Å². The topological polar surface area (TPSA) is 67.9 Å². The van der Waals surface area contributed by atoms with E-state index in [-0.39, 0.29) is 0 Å². The number of carbonyl (C=O) groups excluding carboxylic acids is 1. The van der Waals surface area contributed by atoms with Crippen molar-refractivity contribution in [3.63, 3.8) is 0 Å². The van der Waals surface area contributed by atoms with Crippen molar-refractivity contribution >= 4 is 34.1 Å². The minimum absolute atomic E-state index is 0.328. The van der Waals surface area contributed by atoms with Crippen LogP contribution in [0.1, 0.15) is 48.6 Å². The van der Waals surface area contributed by atoms with Gasteiger partial charge in [0.1, 0.15) is 0 Å². The van der Waals surface area contributed by atoms with E-state index >= 15 is 0 Å². The van der Waals surface area contributed by atoms with Crippen LogP contribution < -0.4 is 0 Å². The van der Waals surface area contributed by atoms with Gasteiger partial charge in [0.15, 0.2) is 0 Å². The van der Waals surface area contributed by atoms with Crippen LogP contribution in [0.5, 0.6) is 0 Å². The number of H-pyrrole nitrogens is 1. The van der Waals surface area contributed by atoms with Gasteiger partial charge in [-0.05, 0) is 72.2 Å². The number of hydrogen-bond acceptors (Lipinski definition) is 4. The molecule has 1 aliphatic carbocycles. The number of hydrogen-bond donors (Lipinski definition) is 1. The van der Waals surface area contributed by atoms with E-state index in [9.17, 15) is 9.18 Å². The van der Waals surface area contributed by atoms with E-state index in [0.29, 0.717) is 29.1 Å². The van der Waals surface area contributed by atoms with Gasteiger partial charge in [-0.1, -0.05) is 48.9 Å². The summed E-state index contributed by atoms with van der Waals surface area (Å²) in [7, 11) is 0. The maximum Gasteiger partial charge on any atom is 0.330 e. The number of fused-ring (bicyclic) bond motifs is 1. The summed E-state index contributed by atoms with van der Waals surface area (Å²) in [6.45, 7) is 2.10. The Bertz CT molecular complexity index is 1400. The van der Waals surface area contributed by atoms with Gasteiger partial charge in [0.2, 0.25) is 5.95 Å². The molecule has 6 heteroatoms. The summed E-state index contributed by atoms with van der Waals surface area (Å²) in [4.78, 5) is 16.3. The number of allylic oxidation sites excluding steroid dienone is 1. The number of pyridine rings is 1. The van der Waals surface area contributed by atoms with Crippen molar-refractivity contribution in [2.24, 2.45) is 5.92 Å². The Hall–Kier alpha value is -4.06. The van der Waals surface area contributed by atoms with Crippen LogP contribution in [0.3, 0.4) is 0 Å². The second-order valence-electron chi connectivity index (χ2n) is 8.61. The fourth-order valence-electron chi connectivity index (χ4n) is 4.51. The first-order valence-electron chi connectivity index (χ1n) is 11.9. The molecule has 176 valence electrons. The maximum atomic E-state index is 14.4. The zero-order valence-electron chi connectivity index (χ0n) is 19.5.